The Bertz CT molecular complexity index is 453. The van der Waals surface area contributed by atoms with E-state index in [-0.39, 0.29) is 17.6 Å². The second kappa shape index (κ2) is 5.65. The number of rotatable bonds is 3. The molecule has 1 aliphatic rings. The molecule has 2 atom stereocenters. The fourth-order valence-corrected chi connectivity index (χ4v) is 2.35. The van der Waals surface area contributed by atoms with Crippen LogP contribution in [0, 0.1) is 16.0 Å². The summed E-state index contributed by atoms with van der Waals surface area (Å²) in [7, 11) is 0. The molecule has 0 saturated carbocycles. The van der Waals surface area contributed by atoms with E-state index in [0.717, 1.165) is 6.42 Å². The average molecular weight is 271 g/mol. The summed E-state index contributed by atoms with van der Waals surface area (Å²) in [4.78, 5) is 10.6. The summed E-state index contributed by atoms with van der Waals surface area (Å²) in [5, 5.41) is 11.4. The molecule has 2 N–H and O–H groups in total. The van der Waals surface area contributed by atoms with E-state index in [1.165, 1.54) is 6.07 Å². The van der Waals surface area contributed by atoms with Crippen molar-refractivity contribution >= 4 is 17.3 Å². The molecule has 1 aliphatic heterocycles. The Morgan fingerprint density at radius 2 is 2.33 bits per heavy atom. The first-order chi connectivity index (χ1) is 8.58. The van der Waals surface area contributed by atoms with Crippen LogP contribution < -0.4 is 5.73 Å². The SMILES string of the molecule is NC1CCOCC1Cc1ccc(Cl)cc1[N+](=O)[O-]. The molecule has 0 radical (unpaired) electrons. The van der Waals surface area contributed by atoms with Crippen molar-refractivity contribution in [3.05, 3.63) is 38.9 Å². The summed E-state index contributed by atoms with van der Waals surface area (Å²) in [5.41, 5.74) is 6.73. The van der Waals surface area contributed by atoms with Crippen LogP contribution in [0.3, 0.4) is 0 Å². The van der Waals surface area contributed by atoms with E-state index in [1.54, 1.807) is 12.1 Å². The molecule has 2 rings (SSSR count). The molecule has 1 aromatic carbocycles. The number of halogens is 1. The minimum absolute atomic E-state index is 0.0361. The zero-order valence-corrected chi connectivity index (χ0v) is 10.6. The Morgan fingerprint density at radius 1 is 1.56 bits per heavy atom. The van der Waals surface area contributed by atoms with Gasteiger partial charge in [-0.15, -0.1) is 0 Å². The van der Waals surface area contributed by atoms with Crippen molar-refractivity contribution < 1.29 is 9.66 Å². The van der Waals surface area contributed by atoms with Gasteiger partial charge < -0.3 is 10.5 Å². The van der Waals surface area contributed by atoms with Crippen LogP contribution in [0.2, 0.25) is 5.02 Å². The van der Waals surface area contributed by atoms with Gasteiger partial charge in [0.2, 0.25) is 0 Å². The van der Waals surface area contributed by atoms with Gasteiger partial charge in [-0.2, -0.15) is 0 Å². The fourth-order valence-electron chi connectivity index (χ4n) is 2.19. The lowest BCUT2D eigenvalue weighted by atomic mass is 9.89. The van der Waals surface area contributed by atoms with Crippen molar-refractivity contribution in [2.24, 2.45) is 11.7 Å². The second-order valence-electron chi connectivity index (χ2n) is 4.52. The molecule has 0 aromatic heterocycles. The number of hydrogen-bond donors (Lipinski definition) is 1. The fraction of sp³-hybridized carbons (Fsp3) is 0.500. The number of nitrogens with zero attached hydrogens (tertiary/aromatic N) is 1. The van der Waals surface area contributed by atoms with Crippen LogP contribution in [-0.2, 0) is 11.2 Å². The molecule has 2 unspecified atom stereocenters. The largest absolute Gasteiger partial charge is 0.381 e. The molecule has 1 heterocycles. The summed E-state index contributed by atoms with van der Waals surface area (Å²) in [6.07, 6.45) is 1.35. The van der Waals surface area contributed by atoms with Crippen molar-refractivity contribution in [3.8, 4) is 0 Å². The molecule has 0 spiro atoms. The van der Waals surface area contributed by atoms with Crippen LogP contribution in [-0.4, -0.2) is 24.2 Å². The lowest BCUT2D eigenvalue weighted by molar-refractivity contribution is -0.385. The highest BCUT2D eigenvalue weighted by Crippen LogP contribution is 2.27. The molecule has 6 heteroatoms. The van der Waals surface area contributed by atoms with Crippen molar-refractivity contribution in [2.75, 3.05) is 13.2 Å². The van der Waals surface area contributed by atoms with E-state index in [0.29, 0.717) is 30.2 Å². The van der Waals surface area contributed by atoms with E-state index in [4.69, 9.17) is 22.1 Å². The molecular formula is C12H15ClN2O3. The maximum Gasteiger partial charge on any atom is 0.274 e. The predicted molar refractivity (Wildman–Crippen MR) is 68.7 cm³/mol. The van der Waals surface area contributed by atoms with Gasteiger partial charge in [-0.05, 0) is 18.9 Å². The van der Waals surface area contributed by atoms with Gasteiger partial charge in [-0.25, -0.2) is 0 Å². The van der Waals surface area contributed by atoms with Gasteiger partial charge in [0.1, 0.15) is 0 Å². The molecule has 0 bridgehead atoms. The van der Waals surface area contributed by atoms with Crippen molar-refractivity contribution in [1.29, 1.82) is 0 Å². The monoisotopic (exact) mass is 270 g/mol. The normalized spacial score (nSPS) is 23.9. The highest BCUT2D eigenvalue weighted by molar-refractivity contribution is 6.30. The first-order valence-electron chi connectivity index (χ1n) is 5.84. The molecule has 1 fully saturated rings. The number of nitro benzene ring substituents is 1. The first kappa shape index (κ1) is 13.3. The zero-order valence-electron chi connectivity index (χ0n) is 9.84. The maximum atomic E-state index is 11.0. The molecule has 1 saturated heterocycles. The van der Waals surface area contributed by atoms with Gasteiger partial charge in [0.15, 0.2) is 0 Å². The molecule has 0 aliphatic carbocycles. The third kappa shape index (κ3) is 2.98. The van der Waals surface area contributed by atoms with Gasteiger partial charge in [0.05, 0.1) is 11.5 Å². The van der Waals surface area contributed by atoms with E-state index in [2.05, 4.69) is 0 Å². The summed E-state index contributed by atoms with van der Waals surface area (Å²) in [6.45, 7) is 1.22. The Labute approximate surface area is 110 Å². The number of nitrogens with two attached hydrogens (primary N) is 1. The number of ether oxygens (including phenoxy) is 1. The van der Waals surface area contributed by atoms with Gasteiger partial charge >= 0.3 is 0 Å². The average Bonchev–Trinajstić information content (AvgIpc) is 2.34. The molecule has 5 nitrogen and oxygen atoms in total. The lowest BCUT2D eigenvalue weighted by Crippen LogP contribution is -2.39. The van der Waals surface area contributed by atoms with Crippen LogP contribution in [0.15, 0.2) is 18.2 Å². The quantitative estimate of drug-likeness (QED) is 0.674. The third-order valence-electron chi connectivity index (χ3n) is 3.26. The molecule has 18 heavy (non-hydrogen) atoms. The maximum absolute atomic E-state index is 11.0. The van der Waals surface area contributed by atoms with E-state index >= 15 is 0 Å². The van der Waals surface area contributed by atoms with Gasteiger partial charge in [-0.1, -0.05) is 17.7 Å². The van der Waals surface area contributed by atoms with Crippen molar-refractivity contribution in [2.45, 2.75) is 18.9 Å². The van der Waals surface area contributed by atoms with Gasteiger partial charge in [0.25, 0.3) is 5.69 Å². The van der Waals surface area contributed by atoms with E-state index < -0.39 is 4.92 Å². The number of nitro groups is 1. The Morgan fingerprint density at radius 3 is 3.00 bits per heavy atom. The summed E-state index contributed by atoms with van der Waals surface area (Å²) < 4.78 is 5.37. The Balaban J connectivity index is 2.20. The molecule has 1 aromatic rings. The zero-order chi connectivity index (χ0) is 13.1. The number of benzene rings is 1. The minimum Gasteiger partial charge on any atom is -0.381 e. The minimum atomic E-state index is -0.406. The van der Waals surface area contributed by atoms with Gasteiger partial charge in [0, 0.05) is 35.2 Å². The smallest absolute Gasteiger partial charge is 0.274 e. The molecular weight excluding hydrogens is 256 g/mol. The van der Waals surface area contributed by atoms with Crippen LogP contribution in [0.5, 0.6) is 0 Å². The van der Waals surface area contributed by atoms with Crippen molar-refractivity contribution in [1.82, 2.24) is 0 Å². The third-order valence-corrected chi connectivity index (χ3v) is 3.49. The van der Waals surface area contributed by atoms with Crippen molar-refractivity contribution in [3.63, 3.8) is 0 Å². The van der Waals surface area contributed by atoms with E-state index in [9.17, 15) is 10.1 Å². The summed E-state index contributed by atoms with van der Waals surface area (Å²) in [5.74, 6) is 0.124. The second-order valence-corrected chi connectivity index (χ2v) is 4.96. The lowest BCUT2D eigenvalue weighted by Gasteiger charge is -2.28. The predicted octanol–water partition coefficient (Wildman–Crippen LogP) is 2.15. The Kier molecular flexibility index (Phi) is 4.16. The van der Waals surface area contributed by atoms with E-state index in [1.807, 2.05) is 0 Å². The Hall–Kier alpha value is -1.17. The van der Waals surface area contributed by atoms with Gasteiger partial charge in [-0.3, -0.25) is 10.1 Å². The van der Waals surface area contributed by atoms with Crippen LogP contribution in [0.1, 0.15) is 12.0 Å². The van der Waals surface area contributed by atoms with Crippen LogP contribution in [0.4, 0.5) is 5.69 Å². The van der Waals surface area contributed by atoms with Crippen LogP contribution in [0.25, 0.3) is 0 Å². The first-order valence-corrected chi connectivity index (χ1v) is 6.22. The summed E-state index contributed by atoms with van der Waals surface area (Å²) >= 11 is 5.78. The summed E-state index contributed by atoms with van der Waals surface area (Å²) in [6, 6.07) is 4.78. The topological polar surface area (TPSA) is 78.4 Å². The number of hydrogen-bond acceptors (Lipinski definition) is 4. The standard InChI is InChI=1S/C12H15ClN2O3/c13-10-2-1-8(12(6-10)15(16)17)5-9-7-18-4-3-11(9)14/h1-2,6,9,11H,3-5,7,14H2. The highest BCUT2D eigenvalue weighted by Gasteiger charge is 2.25. The van der Waals surface area contributed by atoms with Crippen LogP contribution >= 0.6 is 11.6 Å². The molecule has 98 valence electrons. The molecule has 0 amide bonds. The highest BCUT2D eigenvalue weighted by atomic mass is 35.5.